The van der Waals surface area contributed by atoms with Crippen LogP contribution in [0.2, 0.25) is 0 Å². The van der Waals surface area contributed by atoms with E-state index >= 15 is 0 Å². The molecule has 5 nitrogen and oxygen atoms in total. The summed E-state index contributed by atoms with van der Waals surface area (Å²) in [5.74, 6) is 0.247. The summed E-state index contributed by atoms with van der Waals surface area (Å²) in [6, 6.07) is 4.30. The van der Waals surface area contributed by atoms with E-state index in [2.05, 4.69) is 17.5 Å². The van der Waals surface area contributed by atoms with E-state index < -0.39 is 5.60 Å². The Morgan fingerprint density at radius 3 is 3.08 bits per heavy atom. The molecule has 1 amide bonds. The van der Waals surface area contributed by atoms with E-state index in [-0.39, 0.29) is 23.8 Å². The maximum absolute atomic E-state index is 12.9. The lowest BCUT2D eigenvalue weighted by molar-refractivity contribution is -0.219. The quantitative estimate of drug-likeness (QED) is 0.888. The van der Waals surface area contributed by atoms with Gasteiger partial charge in [0.15, 0.2) is 0 Å². The molecule has 0 spiro atoms. The molecule has 1 N–H and O–H groups in total. The Hall–Kier alpha value is -0.950. The molecule has 3 aliphatic heterocycles. The maximum atomic E-state index is 12.9. The fourth-order valence-corrected chi connectivity index (χ4v) is 5.51. The lowest BCUT2D eigenvalue weighted by atomic mass is 9.66. The molecule has 138 valence electrons. The number of nitrogens with zero attached hydrogens (tertiary/aromatic N) is 1. The van der Waals surface area contributed by atoms with Crippen molar-refractivity contribution in [1.82, 2.24) is 4.90 Å². The maximum Gasteiger partial charge on any atom is 0.222 e. The van der Waals surface area contributed by atoms with Crippen molar-refractivity contribution in [2.75, 3.05) is 33.0 Å². The Kier molecular flexibility index (Phi) is 5.13. The van der Waals surface area contributed by atoms with Crippen LogP contribution in [0.4, 0.5) is 0 Å². The molecular formula is C19H27NO4S. The fourth-order valence-electron chi connectivity index (χ4n) is 4.76. The molecule has 4 heterocycles. The van der Waals surface area contributed by atoms with Gasteiger partial charge in [-0.3, -0.25) is 4.79 Å². The number of aliphatic hydroxyl groups is 1. The van der Waals surface area contributed by atoms with Gasteiger partial charge in [0.1, 0.15) is 0 Å². The summed E-state index contributed by atoms with van der Waals surface area (Å²) in [6.45, 7) is 2.99. The minimum absolute atomic E-state index is 0.00504. The SMILES string of the molecule is O=C(CCCc1cccs1)N1C[C@H]2COCC[C@@]2(O)[C@@H]2COCC[C@@H]21. The van der Waals surface area contributed by atoms with Crippen LogP contribution in [0.1, 0.15) is 30.6 Å². The normalized spacial score (nSPS) is 35.1. The van der Waals surface area contributed by atoms with Gasteiger partial charge in [-0.05, 0) is 30.7 Å². The van der Waals surface area contributed by atoms with Gasteiger partial charge in [0.2, 0.25) is 5.91 Å². The molecule has 25 heavy (non-hydrogen) atoms. The Labute approximate surface area is 152 Å². The van der Waals surface area contributed by atoms with Gasteiger partial charge >= 0.3 is 0 Å². The smallest absolute Gasteiger partial charge is 0.222 e. The van der Waals surface area contributed by atoms with Crippen LogP contribution in [0, 0.1) is 11.8 Å². The van der Waals surface area contributed by atoms with Gasteiger partial charge in [-0.1, -0.05) is 6.07 Å². The Morgan fingerprint density at radius 2 is 2.24 bits per heavy atom. The molecule has 4 atom stereocenters. The molecule has 1 aromatic rings. The number of piperidine rings is 1. The van der Waals surface area contributed by atoms with Crippen LogP contribution in [0.15, 0.2) is 17.5 Å². The summed E-state index contributed by atoms with van der Waals surface area (Å²) >= 11 is 1.75. The van der Waals surface area contributed by atoms with Crippen LogP contribution in [0.25, 0.3) is 0 Å². The van der Waals surface area contributed by atoms with E-state index in [9.17, 15) is 9.90 Å². The predicted molar refractivity (Wildman–Crippen MR) is 95.6 cm³/mol. The van der Waals surface area contributed by atoms with Crippen LogP contribution < -0.4 is 0 Å². The minimum Gasteiger partial charge on any atom is -0.389 e. The van der Waals surface area contributed by atoms with Crippen LogP contribution in [0.3, 0.4) is 0 Å². The molecular weight excluding hydrogens is 338 g/mol. The van der Waals surface area contributed by atoms with E-state index in [4.69, 9.17) is 9.47 Å². The minimum atomic E-state index is -0.739. The number of hydrogen-bond acceptors (Lipinski definition) is 5. The Morgan fingerprint density at radius 1 is 1.36 bits per heavy atom. The third kappa shape index (κ3) is 3.37. The van der Waals surface area contributed by atoms with Crippen LogP contribution >= 0.6 is 11.3 Å². The molecule has 0 unspecified atom stereocenters. The second-order valence-corrected chi connectivity index (χ2v) is 8.56. The molecule has 0 saturated carbocycles. The number of amides is 1. The molecule has 3 fully saturated rings. The van der Waals surface area contributed by atoms with E-state index in [1.807, 2.05) is 4.90 Å². The van der Waals surface area contributed by atoms with E-state index in [0.717, 1.165) is 19.3 Å². The van der Waals surface area contributed by atoms with Crippen molar-refractivity contribution in [3.05, 3.63) is 22.4 Å². The number of fused-ring (bicyclic) bond motifs is 3. The van der Waals surface area contributed by atoms with Gasteiger partial charge in [0, 0.05) is 55.4 Å². The number of carbonyl (C=O) groups is 1. The summed E-state index contributed by atoms with van der Waals surface area (Å²) in [5, 5.41) is 13.4. The molecule has 6 heteroatoms. The van der Waals surface area contributed by atoms with Gasteiger partial charge in [-0.2, -0.15) is 0 Å². The number of thiophene rings is 1. The zero-order valence-electron chi connectivity index (χ0n) is 14.6. The molecule has 0 radical (unpaired) electrons. The molecule has 1 aromatic heterocycles. The van der Waals surface area contributed by atoms with Crippen molar-refractivity contribution in [2.24, 2.45) is 11.8 Å². The highest BCUT2D eigenvalue weighted by atomic mass is 32.1. The van der Waals surface area contributed by atoms with E-state index in [1.165, 1.54) is 4.88 Å². The number of likely N-dealkylation sites (tertiary alicyclic amines) is 1. The molecule has 3 aliphatic rings. The van der Waals surface area contributed by atoms with Gasteiger partial charge in [-0.15, -0.1) is 11.3 Å². The van der Waals surface area contributed by atoms with Crippen molar-refractivity contribution in [2.45, 2.75) is 43.7 Å². The predicted octanol–water partition coefficient (Wildman–Crippen LogP) is 2.09. The first-order valence-electron chi connectivity index (χ1n) is 9.38. The summed E-state index contributed by atoms with van der Waals surface area (Å²) in [4.78, 5) is 16.3. The second kappa shape index (κ2) is 7.35. The molecule has 3 saturated heterocycles. The van der Waals surface area contributed by atoms with Gasteiger partial charge < -0.3 is 19.5 Å². The van der Waals surface area contributed by atoms with Crippen LogP contribution in [0.5, 0.6) is 0 Å². The zero-order chi connectivity index (χ0) is 17.3. The third-order valence-electron chi connectivity index (χ3n) is 6.17. The Balaban J connectivity index is 1.43. The topological polar surface area (TPSA) is 59.0 Å². The first-order valence-corrected chi connectivity index (χ1v) is 10.3. The number of carbonyl (C=O) groups excluding carboxylic acids is 1. The van der Waals surface area contributed by atoms with Crippen LogP contribution in [-0.2, 0) is 20.7 Å². The van der Waals surface area contributed by atoms with Gasteiger partial charge in [-0.25, -0.2) is 0 Å². The first kappa shape index (κ1) is 17.5. The number of ether oxygens (including phenoxy) is 2. The zero-order valence-corrected chi connectivity index (χ0v) is 15.4. The average molecular weight is 365 g/mol. The van der Waals surface area contributed by atoms with E-state index in [1.54, 1.807) is 11.3 Å². The summed E-state index contributed by atoms with van der Waals surface area (Å²) in [7, 11) is 0. The summed E-state index contributed by atoms with van der Waals surface area (Å²) in [5.41, 5.74) is -0.739. The highest BCUT2D eigenvalue weighted by Gasteiger charge is 2.56. The number of aryl methyl sites for hydroxylation is 1. The summed E-state index contributed by atoms with van der Waals surface area (Å²) in [6.07, 6.45) is 3.91. The van der Waals surface area contributed by atoms with Crippen molar-refractivity contribution in [1.29, 1.82) is 0 Å². The molecule has 0 bridgehead atoms. The number of hydrogen-bond donors (Lipinski definition) is 1. The highest BCUT2D eigenvalue weighted by Crippen LogP contribution is 2.44. The van der Waals surface area contributed by atoms with Crippen molar-refractivity contribution in [3.63, 3.8) is 0 Å². The lowest BCUT2D eigenvalue weighted by Gasteiger charge is -2.57. The molecule has 4 rings (SSSR count). The first-order chi connectivity index (χ1) is 12.2. The fraction of sp³-hybridized carbons (Fsp3) is 0.737. The Bertz CT molecular complexity index is 592. The van der Waals surface area contributed by atoms with Crippen molar-refractivity contribution >= 4 is 17.2 Å². The highest BCUT2D eigenvalue weighted by molar-refractivity contribution is 7.09. The van der Waals surface area contributed by atoms with E-state index in [0.29, 0.717) is 45.8 Å². The van der Waals surface area contributed by atoms with Crippen molar-refractivity contribution in [3.8, 4) is 0 Å². The lowest BCUT2D eigenvalue weighted by Crippen LogP contribution is -2.68. The third-order valence-corrected chi connectivity index (χ3v) is 7.10. The number of rotatable bonds is 4. The molecule has 0 aliphatic carbocycles. The summed E-state index contributed by atoms with van der Waals surface area (Å²) < 4.78 is 11.3. The van der Waals surface area contributed by atoms with Crippen molar-refractivity contribution < 1.29 is 19.4 Å². The second-order valence-electron chi connectivity index (χ2n) is 7.53. The van der Waals surface area contributed by atoms with Gasteiger partial charge in [0.05, 0.1) is 18.8 Å². The molecule has 0 aromatic carbocycles. The monoisotopic (exact) mass is 365 g/mol. The average Bonchev–Trinajstić information content (AvgIpc) is 3.14. The standard InChI is InChI=1S/C19H27NO4S/c21-18(5-1-3-15-4-2-10-25-15)20-11-14-12-24-9-7-19(14,22)16-13-23-8-6-17(16)20/h2,4,10,14,16-17,22H,1,3,5-9,11-13H2/t14-,16+,17-,19-/m0/s1. The van der Waals surface area contributed by atoms with Gasteiger partial charge in [0.25, 0.3) is 0 Å². The largest absolute Gasteiger partial charge is 0.389 e. The van der Waals surface area contributed by atoms with Crippen LogP contribution in [-0.4, -0.2) is 60.5 Å².